The van der Waals surface area contributed by atoms with E-state index in [-0.39, 0.29) is 12.4 Å². The molecule has 1 atom stereocenters. The van der Waals surface area contributed by atoms with E-state index >= 15 is 0 Å². The van der Waals surface area contributed by atoms with Crippen molar-refractivity contribution in [1.82, 2.24) is 15.0 Å². The van der Waals surface area contributed by atoms with Crippen molar-refractivity contribution in [1.29, 1.82) is 0 Å². The molecule has 1 aliphatic carbocycles. The van der Waals surface area contributed by atoms with Crippen LogP contribution >= 0.6 is 12.4 Å². The summed E-state index contributed by atoms with van der Waals surface area (Å²) >= 11 is 0. The Morgan fingerprint density at radius 1 is 1.36 bits per heavy atom. The number of hydrogen-bond donors (Lipinski definition) is 1. The highest BCUT2D eigenvalue weighted by Gasteiger charge is 2.28. The fourth-order valence-electron chi connectivity index (χ4n) is 3.17. The van der Waals surface area contributed by atoms with Crippen LogP contribution in [-0.4, -0.2) is 21.6 Å². The number of halogens is 1. The Kier molecular flexibility index (Phi) is 5.94. The molecule has 0 bridgehead atoms. The molecule has 22 heavy (non-hydrogen) atoms. The van der Waals surface area contributed by atoms with Gasteiger partial charge in [-0.25, -0.2) is 0 Å². The average molecular weight is 323 g/mol. The van der Waals surface area contributed by atoms with E-state index in [0.29, 0.717) is 18.5 Å². The number of aryl methyl sites for hydroxylation is 1. The number of aromatic nitrogens is 2. The van der Waals surface area contributed by atoms with Crippen LogP contribution in [0.3, 0.4) is 0 Å². The Morgan fingerprint density at radius 2 is 2.18 bits per heavy atom. The van der Waals surface area contributed by atoms with Crippen molar-refractivity contribution >= 4 is 12.4 Å². The highest BCUT2D eigenvalue weighted by molar-refractivity contribution is 5.85. The third-order valence-corrected chi connectivity index (χ3v) is 4.08. The largest absolute Gasteiger partial charge is 0.338 e. The molecule has 1 unspecified atom stereocenters. The Labute approximate surface area is 137 Å². The Hall–Kier alpha value is -1.43. The number of nitrogens with zero attached hydrogens (tertiary/aromatic N) is 3. The fraction of sp³-hybridized carbons (Fsp3) is 0.500. The van der Waals surface area contributed by atoms with Crippen LogP contribution in [0.25, 0.3) is 0 Å². The highest BCUT2D eigenvalue weighted by atomic mass is 35.5. The SMILES string of the molecule is CCCN(Cc1noc(CN)n1)C1CCc2ccccc21.Cl. The van der Waals surface area contributed by atoms with Crippen molar-refractivity contribution in [2.45, 2.75) is 45.3 Å². The molecule has 6 heteroatoms. The third kappa shape index (κ3) is 3.48. The Morgan fingerprint density at radius 3 is 2.91 bits per heavy atom. The van der Waals surface area contributed by atoms with Gasteiger partial charge >= 0.3 is 0 Å². The van der Waals surface area contributed by atoms with Crippen molar-refractivity contribution in [2.75, 3.05) is 6.54 Å². The summed E-state index contributed by atoms with van der Waals surface area (Å²) in [6.45, 7) is 4.25. The fourth-order valence-corrected chi connectivity index (χ4v) is 3.17. The molecule has 120 valence electrons. The maximum atomic E-state index is 5.53. The zero-order valence-electron chi connectivity index (χ0n) is 12.9. The van der Waals surface area contributed by atoms with Gasteiger partial charge in [-0.2, -0.15) is 4.98 Å². The number of rotatable bonds is 6. The molecule has 1 aliphatic rings. The summed E-state index contributed by atoms with van der Waals surface area (Å²) in [7, 11) is 0. The van der Waals surface area contributed by atoms with Gasteiger partial charge in [0.1, 0.15) is 0 Å². The first-order valence-electron chi connectivity index (χ1n) is 7.65. The molecular formula is C16H23ClN4O. The average Bonchev–Trinajstić information content (AvgIpc) is 3.13. The minimum Gasteiger partial charge on any atom is -0.338 e. The highest BCUT2D eigenvalue weighted by Crippen LogP contribution is 2.36. The molecule has 0 fully saturated rings. The summed E-state index contributed by atoms with van der Waals surface area (Å²) in [6, 6.07) is 9.19. The van der Waals surface area contributed by atoms with Crippen LogP contribution in [0, 0.1) is 0 Å². The Balaban J connectivity index is 0.00000176. The summed E-state index contributed by atoms with van der Waals surface area (Å²) in [5.41, 5.74) is 8.45. The molecule has 1 heterocycles. The quantitative estimate of drug-likeness (QED) is 0.885. The van der Waals surface area contributed by atoms with E-state index in [9.17, 15) is 0 Å². The maximum Gasteiger partial charge on any atom is 0.240 e. The lowest BCUT2D eigenvalue weighted by Gasteiger charge is -2.28. The van der Waals surface area contributed by atoms with E-state index in [1.54, 1.807) is 0 Å². The molecule has 2 aromatic rings. The minimum atomic E-state index is 0. The van der Waals surface area contributed by atoms with Gasteiger partial charge in [-0.1, -0.05) is 36.3 Å². The number of hydrogen-bond acceptors (Lipinski definition) is 5. The standard InChI is InChI=1S/C16H22N4O.ClH/c1-2-9-20(11-15-18-16(10-17)21-19-15)14-8-7-12-5-3-4-6-13(12)14;/h3-6,14H,2,7-11,17H2,1H3;1H. The van der Waals surface area contributed by atoms with E-state index in [0.717, 1.165) is 31.8 Å². The van der Waals surface area contributed by atoms with Crippen molar-refractivity contribution in [3.8, 4) is 0 Å². The first kappa shape index (κ1) is 16.9. The molecule has 0 radical (unpaired) electrons. The van der Waals surface area contributed by atoms with Gasteiger partial charge in [0, 0.05) is 6.04 Å². The number of benzene rings is 1. The smallest absolute Gasteiger partial charge is 0.240 e. The molecule has 1 aromatic heterocycles. The van der Waals surface area contributed by atoms with Gasteiger partial charge in [-0.15, -0.1) is 12.4 Å². The van der Waals surface area contributed by atoms with Gasteiger partial charge < -0.3 is 10.3 Å². The lowest BCUT2D eigenvalue weighted by molar-refractivity contribution is 0.181. The van der Waals surface area contributed by atoms with Gasteiger partial charge in [0.15, 0.2) is 5.82 Å². The van der Waals surface area contributed by atoms with E-state index < -0.39 is 0 Å². The number of fused-ring (bicyclic) bond motifs is 1. The predicted molar refractivity (Wildman–Crippen MR) is 87.6 cm³/mol. The summed E-state index contributed by atoms with van der Waals surface area (Å²) < 4.78 is 5.11. The zero-order valence-corrected chi connectivity index (χ0v) is 13.7. The molecule has 0 saturated carbocycles. The molecule has 0 aliphatic heterocycles. The number of nitrogens with two attached hydrogens (primary N) is 1. The van der Waals surface area contributed by atoms with Crippen molar-refractivity contribution in [2.24, 2.45) is 5.73 Å². The lowest BCUT2D eigenvalue weighted by Crippen LogP contribution is -2.28. The first-order chi connectivity index (χ1) is 10.3. The van der Waals surface area contributed by atoms with Crippen molar-refractivity contribution < 1.29 is 4.52 Å². The van der Waals surface area contributed by atoms with Crippen LogP contribution in [0.2, 0.25) is 0 Å². The van der Waals surface area contributed by atoms with Gasteiger partial charge in [0.05, 0.1) is 13.1 Å². The van der Waals surface area contributed by atoms with Gasteiger partial charge in [-0.05, 0) is 36.9 Å². The molecule has 1 aromatic carbocycles. The van der Waals surface area contributed by atoms with Crippen LogP contribution in [0.1, 0.15) is 48.6 Å². The van der Waals surface area contributed by atoms with Crippen LogP contribution < -0.4 is 5.73 Å². The second-order valence-corrected chi connectivity index (χ2v) is 5.53. The summed E-state index contributed by atoms with van der Waals surface area (Å²) in [5, 5.41) is 4.03. The van der Waals surface area contributed by atoms with E-state index in [1.807, 2.05) is 0 Å². The Bertz CT molecular complexity index is 601. The van der Waals surface area contributed by atoms with Crippen LogP contribution in [0.5, 0.6) is 0 Å². The van der Waals surface area contributed by atoms with E-state index in [1.165, 1.54) is 17.5 Å². The zero-order chi connectivity index (χ0) is 14.7. The van der Waals surface area contributed by atoms with Gasteiger partial charge in [0.2, 0.25) is 5.89 Å². The normalized spacial score (nSPS) is 16.6. The minimum absolute atomic E-state index is 0. The maximum absolute atomic E-state index is 5.53. The monoisotopic (exact) mass is 322 g/mol. The van der Waals surface area contributed by atoms with Gasteiger partial charge in [0.25, 0.3) is 0 Å². The van der Waals surface area contributed by atoms with E-state index in [4.69, 9.17) is 10.3 Å². The van der Waals surface area contributed by atoms with E-state index in [2.05, 4.69) is 46.2 Å². The molecule has 0 saturated heterocycles. The summed E-state index contributed by atoms with van der Waals surface area (Å²) in [4.78, 5) is 6.79. The second-order valence-electron chi connectivity index (χ2n) is 5.53. The molecule has 3 rings (SSSR count). The first-order valence-corrected chi connectivity index (χ1v) is 7.65. The van der Waals surface area contributed by atoms with Gasteiger partial charge in [-0.3, -0.25) is 4.90 Å². The third-order valence-electron chi connectivity index (χ3n) is 4.08. The molecule has 2 N–H and O–H groups in total. The summed E-state index contributed by atoms with van der Waals surface area (Å²) in [6.07, 6.45) is 3.43. The molecule has 5 nitrogen and oxygen atoms in total. The van der Waals surface area contributed by atoms with Crippen LogP contribution in [0.15, 0.2) is 28.8 Å². The lowest BCUT2D eigenvalue weighted by atomic mass is 10.1. The summed E-state index contributed by atoms with van der Waals surface area (Å²) in [5.74, 6) is 1.24. The van der Waals surface area contributed by atoms with Crippen molar-refractivity contribution in [3.63, 3.8) is 0 Å². The van der Waals surface area contributed by atoms with Crippen LogP contribution in [-0.2, 0) is 19.5 Å². The topological polar surface area (TPSA) is 68.2 Å². The van der Waals surface area contributed by atoms with Crippen molar-refractivity contribution in [3.05, 3.63) is 47.1 Å². The predicted octanol–water partition coefficient (Wildman–Crippen LogP) is 2.85. The van der Waals surface area contributed by atoms with Crippen LogP contribution in [0.4, 0.5) is 0 Å². The molecule has 0 amide bonds. The molecule has 0 spiro atoms. The molecular weight excluding hydrogens is 300 g/mol. The second kappa shape index (κ2) is 7.72.